The number of imide groups is 1. The van der Waals surface area contributed by atoms with Crippen LogP contribution in [0.2, 0.25) is 0 Å². The first-order chi connectivity index (χ1) is 12.9. The summed E-state index contributed by atoms with van der Waals surface area (Å²) >= 11 is 0. The summed E-state index contributed by atoms with van der Waals surface area (Å²) in [6.45, 7) is 2.87. The normalized spacial score (nSPS) is 28.0. The number of benzene rings is 1. The van der Waals surface area contributed by atoms with Crippen LogP contribution in [0.3, 0.4) is 0 Å². The number of nitrogens with zero attached hydrogens (tertiary/aromatic N) is 1. The second kappa shape index (κ2) is 6.44. The Morgan fingerprint density at radius 2 is 1.70 bits per heavy atom. The average molecular weight is 367 g/mol. The standard InChI is InChI=1S/C21H21NO5/c1-11-3-4-12(2)15(7-11)16(23)10-27-17(24)9-22-20(25)18-13-5-6-14(8-13)19(18)21(22)26/h3-7,13-14,18-19H,8-10H2,1-2H3/t13-,14+,18-,19-/m0/s1. The number of esters is 1. The number of carbonyl (C=O) groups excluding carboxylic acids is 4. The Morgan fingerprint density at radius 1 is 1.07 bits per heavy atom. The molecule has 2 bridgehead atoms. The maximum absolute atomic E-state index is 12.6. The van der Waals surface area contributed by atoms with Gasteiger partial charge in [-0.1, -0.05) is 29.8 Å². The number of fused-ring (bicyclic) bond motifs is 5. The van der Waals surface area contributed by atoms with Gasteiger partial charge in [-0.05, 0) is 43.7 Å². The minimum absolute atomic E-state index is 0.100. The molecule has 2 amide bonds. The number of Topliss-reactive ketones (excluding diaryl/α,β-unsaturated/α-hetero) is 1. The fraction of sp³-hybridized carbons (Fsp3) is 0.429. The number of allylic oxidation sites excluding steroid dienone is 2. The van der Waals surface area contributed by atoms with E-state index in [2.05, 4.69) is 0 Å². The van der Waals surface area contributed by atoms with E-state index in [9.17, 15) is 19.2 Å². The molecule has 140 valence electrons. The van der Waals surface area contributed by atoms with Gasteiger partial charge in [-0.25, -0.2) is 0 Å². The molecular formula is C21H21NO5. The largest absolute Gasteiger partial charge is 0.456 e. The van der Waals surface area contributed by atoms with E-state index in [1.54, 1.807) is 6.07 Å². The Bertz CT molecular complexity index is 857. The molecule has 2 aliphatic carbocycles. The van der Waals surface area contributed by atoms with Crippen LogP contribution in [0.25, 0.3) is 0 Å². The predicted octanol–water partition coefficient (Wildman–Crippen LogP) is 1.84. The van der Waals surface area contributed by atoms with E-state index in [0.29, 0.717) is 5.56 Å². The van der Waals surface area contributed by atoms with Crippen LogP contribution in [0.1, 0.15) is 27.9 Å². The number of ether oxygens (including phenoxy) is 1. The Kier molecular flexibility index (Phi) is 4.21. The molecule has 0 N–H and O–H groups in total. The van der Waals surface area contributed by atoms with Gasteiger partial charge in [0.05, 0.1) is 11.8 Å². The summed E-state index contributed by atoms with van der Waals surface area (Å²) in [5, 5.41) is 0. The molecule has 0 aromatic heterocycles. The van der Waals surface area contributed by atoms with Crippen molar-refractivity contribution < 1.29 is 23.9 Å². The molecule has 0 spiro atoms. The minimum atomic E-state index is -0.740. The van der Waals surface area contributed by atoms with Crippen LogP contribution in [0.4, 0.5) is 0 Å². The fourth-order valence-corrected chi connectivity index (χ4v) is 4.55. The van der Waals surface area contributed by atoms with Crippen molar-refractivity contribution in [3.05, 3.63) is 47.0 Å². The molecule has 3 aliphatic rings. The van der Waals surface area contributed by atoms with E-state index in [-0.39, 0.29) is 41.3 Å². The minimum Gasteiger partial charge on any atom is -0.456 e. The Morgan fingerprint density at radius 3 is 2.33 bits per heavy atom. The second-order valence-electron chi connectivity index (χ2n) is 7.66. The van der Waals surface area contributed by atoms with Crippen molar-refractivity contribution in [2.45, 2.75) is 20.3 Å². The molecule has 1 saturated carbocycles. The molecule has 1 saturated heterocycles. The molecule has 0 unspecified atom stereocenters. The quantitative estimate of drug-likeness (QED) is 0.343. The van der Waals surface area contributed by atoms with Crippen LogP contribution < -0.4 is 0 Å². The van der Waals surface area contributed by atoms with Gasteiger partial charge >= 0.3 is 5.97 Å². The highest BCUT2D eigenvalue weighted by atomic mass is 16.5. The highest BCUT2D eigenvalue weighted by molar-refractivity contribution is 6.08. The van der Waals surface area contributed by atoms with Crippen molar-refractivity contribution in [1.82, 2.24) is 4.90 Å². The molecule has 6 heteroatoms. The lowest BCUT2D eigenvalue weighted by molar-refractivity contribution is -0.152. The summed E-state index contributed by atoms with van der Waals surface area (Å²) in [6.07, 6.45) is 4.85. The van der Waals surface area contributed by atoms with Crippen LogP contribution in [0.5, 0.6) is 0 Å². The van der Waals surface area contributed by atoms with E-state index in [1.165, 1.54) is 0 Å². The van der Waals surface area contributed by atoms with Crippen LogP contribution in [0.15, 0.2) is 30.4 Å². The highest BCUT2D eigenvalue weighted by Crippen LogP contribution is 2.52. The summed E-state index contributed by atoms with van der Waals surface area (Å²) in [7, 11) is 0. The maximum atomic E-state index is 12.6. The highest BCUT2D eigenvalue weighted by Gasteiger charge is 2.59. The number of carbonyl (C=O) groups is 4. The number of aryl methyl sites for hydroxylation is 2. The fourth-order valence-electron chi connectivity index (χ4n) is 4.55. The summed E-state index contributed by atoms with van der Waals surface area (Å²) in [5.74, 6) is -2.10. The summed E-state index contributed by atoms with van der Waals surface area (Å²) in [6, 6.07) is 5.50. The lowest BCUT2D eigenvalue weighted by atomic mass is 9.85. The molecule has 6 nitrogen and oxygen atoms in total. The van der Waals surface area contributed by atoms with E-state index >= 15 is 0 Å². The Labute approximate surface area is 157 Å². The lowest BCUT2D eigenvalue weighted by Crippen LogP contribution is -2.38. The zero-order valence-corrected chi connectivity index (χ0v) is 15.3. The Hall–Kier alpha value is -2.76. The molecular weight excluding hydrogens is 346 g/mol. The van der Waals surface area contributed by atoms with E-state index < -0.39 is 19.1 Å². The molecule has 1 heterocycles. The molecule has 0 radical (unpaired) electrons. The first kappa shape index (κ1) is 17.6. The zero-order chi connectivity index (χ0) is 19.3. The molecule has 1 aromatic rings. The number of hydrogen-bond acceptors (Lipinski definition) is 5. The van der Waals surface area contributed by atoms with E-state index in [4.69, 9.17) is 4.74 Å². The van der Waals surface area contributed by atoms with Crippen molar-refractivity contribution in [2.24, 2.45) is 23.7 Å². The van der Waals surface area contributed by atoms with E-state index in [0.717, 1.165) is 22.4 Å². The topological polar surface area (TPSA) is 80.8 Å². The molecule has 4 rings (SSSR count). The summed E-state index contributed by atoms with van der Waals surface area (Å²) in [4.78, 5) is 50.6. The third-order valence-electron chi connectivity index (χ3n) is 5.91. The van der Waals surface area contributed by atoms with Crippen LogP contribution in [0, 0.1) is 37.5 Å². The van der Waals surface area contributed by atoms with Gasteiger partial charge in [-0.15, -0.1) is 0 Å². The number of likely N-dealkylation sites (tertiary alicyclic amines) is 1. The summed E-state index contributed by atoms with van der Waals surface area (Å²) in [5.41, 5.74) is 2.26. The Balaban J connectivity index is 1.36. The SMILES string of the molecule is Cc1ccc(C)c(C(=O)COC(=O)CN2C(=O)[C@@H]3[C@@H](C2=O)[C@H]2C=C[C@@H]3C2)c1. The van der Waals surface area contributed by atoms with Crippen molar-refractivity contribution in [2.75, 3.05) is 13.2 Å². The average Bonchev–Trinajstić information content (AvgIpc) is 3.31. The van der Waals surface area contributed by atoms with Gasteiger partial charge in [-0.3, -0.25) is 24.1 Å². The summed E-state index contributed by atoms with van der Waals surface area (Å²) < 4.78 is 5.05. The first-order valence-electron chi connectivity index (χ1n) is 9.16. The maximum Gasteiger partial charge on any atom is 0.326 e. The lowest BCUT2D eigenvalue weighted by Gasteiger charge is -2.16. The molecule has 1 aromatic carbocycles. The van der Waals surface area contributed by atoms with Gasteiger partial charge in [0.1, 0.15) is 6.54 Å². The number of rotatable bonds is 5. The van der Waals surface area contributed by atoms with Gasteiger partial charge in [0, 0.05) is 5.56 Å². The molecule has 2 fully saturated rings. The number of hydrogen-bond donors (Lipinski definition) is 0. The van der Waals surface area contributed by atoms with Gasteiger partial charge in [0.2, 0.25) is 17.6 Å². The van der Waals surface area contributed by atoms with Crippen molar-refractivity contribution in [3.63, 3.8) is 0 Å². The van der Waals surface area contributed by atoms with Crippen molar-refractivity contribution in [3.8, 4) is 0 Å². The van der Waals surface area contributed by atoms with Gasteiger partial charge in [0.15, 0.2) is 6.61 Å². The van der Waals surface area contributed by atoms with Gasteiger partial charge in [0.25, 0.3) is 0 Å². The predicted molar refractivity (Wildman–Crippen MR) is 95.6 cm³/mol. The smallest absolute Gasteiger partial charge is 0.326 e. The molecule has 4 atom stereocenters. The monoisotopic (exact) mass is 367 g/mol. The molecule has 27 heavy (non-hydrogen) atoms. The third kappa shape index (κ3) is 2.89. The van der Waals surface area contributed by atoms with Crippen LogP contribution >= 0.6 is 0 Å². The first-order valence-corrected chi connectivity index (χ1v) is 9.16. The van der Waals surface area contributed by atoms with E-state index in [1.807, 2.05) is 38.1 Å². The number of amides is 2. The van der Waals surface area contributed by atoms with Crippen LogP contribution in [-0.2, 0) is 19.1 Å². The van der Waals surface area contributed by atoms with Crippen LogP contribution in [-0.4, -0.2) is 41.6 Å². The molecule has 1 aliphatic heterocycles. The number of ketones is 1. The van der Waals surface area contributed by atoms with Gasteiger partial charge in [-0.2, -0.15) is 0 Å². The second-order valence-corrected chi connectivity index (χ2v) is 7.66. The third-order valence-corrected chi connectivity index (χ3v) is 5.91. The van der Waals surface area contributed by atoms with Gasteiger partial charge < -0.3 is 4.74 Å². The zero-order valence-electron chi connectivity index (χ0n) is 15.3. The van der Waals surface area contributed by atoms with Crippen molar-refractivity contribution in [1.29, 1.82) is 0 Å². The van der Waals surface area contributed by atoms with Crippen molar-refractivity contribution >= 4 is 23.6 Å².